The molecule has 0 aromatic carbocycles. The van der Waals surface area contributed by atoms with E-state index in [0.717, 1.165) is 38.3 Å². The monoisotopic (exact) mass is 306 g/mol. The van der Waals surface area contributed by atoms with Gasteiger partial charge in [-0.25, -0.2) is 4.98 Å². The molecule has 1 saturated heterocycles. The molecule has 0 radical (unpaired) electrons. The number of anilines is 1. The maximum Gasteiger partial charge on any atom is 0.147 e. The van der Waals surface area contributed by atoms with E-state index in [1.807, 2.05) is 12.1 Å². The van der Waals surface area contributed by atoms with Gasteiger partial charge in [0.15, 0.2) is 0 Å². The van der Waals surface area contributed by atoms with Crippen LogP contribution in [0.4, 0.5) is 5.82 Å². The van der Waals surface area contributed by atoms with Crippen molar-refractivity contribution in [2.75, 3.05) is 24.5 Å². The molecule has 1 aliphatic heterocycles. The first-order valence-electron chi connectivity index (χ1n) is 7.48. The fourth-order valence-corrected chi connectivity index (χ4v) is 2.87. The average Bonchev–Trinajstić information content (AvgIpc) is 2.92. The van der Waals surface area contributed by atoms with Crippen LogP contribution in [0.15, 0.2) is 18.3 Å². The Bertz CT molecular complexity index is 509. The van der Waals surface area contributed by atoms with Crippen molar-refractivity contribution < 1.29 is 0 Å². The van der Waals surface area contributed by atoms with Crippen LogP contribution in [0, 0.1) is 16.7 Å². The summed E-state index contributed by atoms with van der Waals surface area (Å²) in [7, 11) is 0. The van der Waals surface area contributed by atoms with Gasteiger partial charge in [0.05, 0.1) is 11.1 Å². The summed E-state index contributed by atoms with van der Waals surface area (Å²) in [6.45, 7) is 7.26. The van der Waals surface area contributed by atoms with E-state index >= 15 is 0 Å². The highest BCUT2D eigenvalue weighted by atomic mass is 35.5. The summed E-state index contributed by atoms with van der Waals surface area (Å²) >= 11 is 6.20. The van der Waals surface area contributed by atoms with Gasteiger partial charge < -0.3 is 10.2 Å². The van der Waals surface area contributed by atoms with Gasteiger partial charge in [-0.15, -0.1) is 0 Å². The first-order chi connectivity index (χ1) is 10.0. The highest BCUT2D eigenvalue weighted by molar-refractivity contribution is 6.32. The molecule has 1 N–H and O–H groups in total. The first kappa shape index (κ1) is 16.1. The van der Waals surface area contributed by atoms with Crippen molar-refractivity contribution >= 4 is 17.4 Å². The normalized spacial score (nSPS) is 18.8. The van der Waals surface area contributed by atoms with Crippen LogP contribution in [0.1, 0.15) is 33.1 Å². The molecule has 21 heavy (non-hydrogen) atoms. The Morgan fingerprint density at radius 1 is 1.57 bits per heavy atom. The highest BCUT2D eigenvalue weighted by Crippen LogP contribution is 2.26. The van der Waals surface area contributed by atoms with Crippen molar-refractivity contribution in [1.82, 2.24) is 10.3 Å². The quantitative estimate of drug-likeness (QED) is 0.876. The molecule has 1 aliphatic rings. The summed E-state index contributed by atoms with van der Waals surface area (Å²) in [5, 5.41) is 13.0. The van der Waals surface area contributed by atoms with Crippen LogP contribution in [-0.2, 0) is 0 Å². The van der Waals surface area contributed by atoms with E-state index in [-0.39, 0.29) is 5.41 Å². The second-order valence-electron chi connectivity index (χ2n) is 6.44. The summed E-state index contributed by atoms with van der Waals surface area (Å²) in [6.07, 6.45) is 4.43. The van der Waals surface area contributed by atoms with Crippen LogP contribution in [-0.4, -0.2) is 30.7 Å². The first-order valence-corrected chi connectivity index (χ1v) is 7.85. The van der Waals surface area contributed by atoms with E-state index < -0.39 is 0 Å². The van der Waals surface area contributed by atoms with Crippen molar-refractivity contribution in [1.29, 1.82) is 5.26 Å². The predicted molar refractivity (Wildman–Crippen MR) is 86.5 cm³/mol. The molecule has 1 aromatic rings. The van der Waals surface area contributed by atoms with Gasteiger partial charge in [0.25, 0.3) is 0 Å². The molecule has 1 fully saturated rings. The molecule has 1 atom stereocenters. The number of hydrogen-bond acceptors (Lipinski definition) is 4. The average molecular weight is 307 g/mol. The zero-order valence-corrected chi connectivity index (χ0v) is 13.5. The minimum absolute atomic E-state index is 0.159. The Hall–Kier alpha value is -1.31. The second-order valence-corrected chi connectivity index (χ2v) is 6.85. The summed E-state index contributed by atoms with van der Waals surface area (Å²) in [4.78, 5) is 6.61. The minimum atomic E-state index is 0.159. The van der Waals surface area contributed by atoms with Gasteiger partial charge in [-0.1, -0.05) is 25.4 Å². The van der Waals surface area contributed by atoms with Gasteiger partial charge >= 0.3 is 0 Å². The van der Waals surface area contributed by atoms with Crippen molar-refractivity contribution in [3.63, 3.8) is 0 Å². The van der Waals surface area contributed by atoms with E-state index in [9.17, 15) is 0 Å². The van der Waals surface area contributed by atoms with E-state index in [4.69, 9.17) is 16.9 Å². The summed E-state index contributed by atoms with van der Waals surface area (Å²) in [5.41, 5.74) is 0.159. The van der Waals surface area contributed by atoms with Gasteiger partial charge in [0.2, 0.25) is 0 Å². The van der Waals surface area contributed by atoms with Crippen molar-refractivity contribution in [3.05, 3.63) is 23.4 Å². The largest absolute Gasteiger partial charge is 0.354 e. The zero-order valence-electron chi connectivity index (χ0n) is 12.8. The topological polar surface area (TPSA) is 52.0 Å². The lowest BCUT2D eigenvalue weighted by molar-refractivity contribution is 0.303. The molecular formula is C16H23ClN4. The molecule has 114 valence electrons. The number of halogens is 1. The van der Waals surface area contributed by atoms with Gasteiger partial charge in [-0.2, -0.15) is 5.26 Å². The minimum Gasteiger partial charge on any atom is -0.354 e. The van der Waals surface area contributed by atoms with Crippen molar-refractivity contribution in [2.45, 2.75) is 39.2 Å². The smallest absolute Gasteiger partial charge is 0.147 e. The lowest BCUT2D eigenvalue weighted by atomic mass is 9.88. The fourth-order valence-electron chi connectivity index (χ4n) is 2.63. The summed E-state index contributed by atoms with van der Waals surface area (Å²) in [5.74, 6) is 0.882. The molecule has 0 aliphatic carbocycles. The molecule has 2 rings (SSSR count). The Balaban J connectivity index is 1.83. The molecule has 1 aromatic heterocycles. The Morgan fingerprint density at radius 2 is 2.38 bits per heavy atom. The number of aromatic nitrogens is 1. The Morgan fingerprint density at radius 3 is 3.10 bits per heavy atom. The number of nitriles is 1. The zero-order chi connectivity index (χ0) is 15.3. The summed E-state index contributed by atoms with van der Waals surface area (Å²) in [6, 6.07) is 6.43. The highest BCUT2D eigenvalue weighted by Gasteiger charge is 2.26. The third kappa shape index (κ3) is 4.59. The fraction of sp³-hybridized carbons (Fsp3) is 0.625. The van der Waals surface area contributed by atoms with Crippen molar-refractivity contribution in [3.8, 4) is 6.07 Å². The molecule has 0 bridgehead atoms. The lowest BCUT2D eigenvalue weighted by Crippen LogP contribution is -2.39. The van der Waals surface area contributed by atoms with Gasteiger partial charge in [-0.05, 0) is 30.4 Å². The Labute approximate surface area is 132 Å². The lowest BCUT2D eigenvalue weighted by Gasteiger charge is -2.26. The summed E-state index contributed by atoms with van der Waals surface area (Å²) < 4.78 is 0. The molecule has 5 heteroatoms. The number of nitrogens with zero attached hydrogens (tertiary/aromatic N) is 3. The van der Waals surface area contributed by atoms with E-state index in [1.165, 1.54) is 0 Å². The van der Waals surface area contributed by atoms with Gasteiger partial charge in [-0.3, -0.25) is 0 Å². The number of nitrogens with one attached hydrogen (secondary N) is 1. The second kappa shape index (κ2) is 7.11. The van der Waals surface area contributed by atoms with Gasteiger partial charge in [0, 0.05) is 38.3 Å². The van der Waals surface area contributed by atoms with E-state index in [2.05, 4.69) is 35.1 Å². The molecule has 0 saturated carbocycles. The number of hydrogen-bond donors (Lipinski definition) is 1. The van der Waals surface area contributed by atoms with Crippen LogP contribution in [0.25, 0.3) is 0 Å². The number of rotatable bonds is 6. The standard InChI is InChI=1S/C16H23ClN4/c1-16(2,7-4-8-18)12-20-13-6-10-21(11-13)15-14(17)5-3-9-19-15/h3,5,9,13,20H,4,6-7,10-12H2,1-2H3/t13-/m0/s1. The van der Waals surface area contributed by atoms with E-state index in [1.54, 1.807) is 6.20 Å². The molecule has 0 unspecified atom stereocenters. The molecule has 2 heterocycles. The van der Waals surface area contributed by atoms with Crippen molar-refractivity contribution in [2.24, 2.45) is 5.41 Å². The number of pyridine rings is 1. The predicted octanol–water partition coefficient (Wildman–Crippen LogP) is 3.23. The maximum atomic E-state index is 8.70. The van der Waals surface area contributed by atoms with Crippen LogP contribution >= 0.6 is 11.6 Å². The van der Waals surface area contributed by atoms with Gasteiger partial charge in [0.1, 0.15) is 5.82 Å². The third-order valence-corrected chi connectivity index (χ3v) is 4.30. The molecule has 0 amide bonds. The van der Waals surface area contributed by atoms with Crippen LogP contribution in [0.2, 0.25) is 5.02 Å². The molecule has 4 nitrogen and oxygen atoms in total. The van der Waals surface area contributed by atoms with E-state index in [0.29, 0.717) is 17.5 Å². The third-order valence-electron chi connectivity index (χ3n) is 4.01. The Kier molecular flexibility index (Phi) is 5.44. The molecule has 0 spiro atoms. The maximum absolute atomic E-state index is 8.70. The van der Waals surface area contributed by atoms with Crippen LogP contribution in [0.3, 0.4) is 0 Å². The van der Waals surface area contributed by atoms with Crippen LogP contribution in [0.5, 0.6) is 0 Å². The van der Waals surface area contributed by atoms with Crippen LogP contribution < -0.4 is 10.2 Å². The molecular weight excluding hydrogens is 284 g/mol. The SMILES string of the molecule is CC(C)(CCC#N)CN[C@H]1CCN(c2ncccc2Cl)C1.